The summed E-state index contributed by atoms with van der Waals surface area (Å²) in [5.74, 6) is 0. The average molecular weight is 345 g/mol. The van der Waals surface area contributed by atoms with Crippen LogP contribution < -0.4 is 10.6 Å². The Labute approximate surface area is 140 Å². The molecule has 24 heavy (non-hydrogen) atoms. The summed E-state index contributed by atoms with van der Waals surface area (Å²) in [6.07, 6.45) is 3.20. The van der Waals surface area contributed by atoms with Gasteiger partial charge in [-0.05, 0) is 11.1 Å². The first-order chi connectivity index (χ1) is 11.5. The fourth-order valence-electron chi connectivity index (χ4n) is 1.95. The second kappa shape index (κ2) is 9.97. The van der Waals surface area contributed by atoms with E-state index in [1.54, 1.807) is 18.5 Å². The lowest BCUT2D eigenvalue weighted by molar-refractivity contribution is 0.0412. The molecule has 0 unspecified atom stereocenters. The number of aromatic nitrogens is 1. The Morgan fingerprint density at radius 1 is 0.667 bits per heavy atom. The van der Waals surface area contributed by atoms with Crippen molar-refractivity contribution in [1.82, 2.24) is 15.6 Å². The van der Waals surface area contributed by atoms with Gasteiger partial charge in [-0.3, -0.25) is 4.98 Å². The van der Waals surface area contributed by atoms with E-state index in [0.29, 0.717) is 0 Å². The molecule has 0 fully saturated rings. The number of aliphatic hydroxyl groups excluding tert-OH is 6. The molecule has 1 aromatic rings. The molecule has 1 aromatic heterocycles. The Kier molecular flexibility index (Phi) is 8.67. The van der Waals surface area contributed by atoms with E-state index in [1.165, 1.54) is 0 Å². The number of nitrogens with zero attached hydrogens (tertiary/aromatic N) is 1. The summed E-state index contributed by atoms with van der Waals surface area (Å²) in [4.78, 5) is 4.09. The van der Waals surface area contributed by atoms with Crippen LogP contribution >= 0.6 is 0 Å². The zero-order valence-corrected chi connectivity index (χ0v) is 13.5. The third-order valence-electron chi connectivity index (χ3n) is 4.00. The molecule has 0 saturated carbocycles. The number of pyridine rings is 1. The van der Waals surface area contributed by atoms with Crippen LogP contribution in [0.2, 0.25) is 0 Å². The van der Waals surface area contributed by atoms with Gasteiger partial charge in [0.05, 0.1) is 50.7 Å². The summed E-state index contributed by atoms with van der Waals surface area (Å²) < 4.78 is 0. The summed E-state index contributed by atoms with van der Waals surface area (Å²) in [6.45, 7) is -1.95. The summed E-state index contributed by atoms with van der Waals surface area (Å²) in [6, 6.07) is 1.81. The van der Waals surface area contributed by atoms with Gasteiger partial charge in [-0.25, -0.2) is 0 Å². The molecule has 0 spiro atoms. The van der Waals surface area contributed by atoms with E-state index in [4.69, 9.17) is 0 Å². The molecular weight excluding hydrogens is 318 g/mol. The fourth-order valence-corrected chi connectivity index (χ4v) is 1.95. The summed E-state index contributed by atoms with van der Waals surface area (Å²) in [7, 11) is 0. The van der Waals surface area contributed by atoms with Crippen molar-refractivity contribution in [3.05, 3.63) is 29.6 Å². The van der Waals surface area contributed by atoms with Gasteiger partial charge in [0, 0.05) is 25.5 Å². The van der Waals surface area contributed by atoms with Crippen molar-refractivity contribution in [2.24, 2.45) is 0 Å². The smallest absolute Gasteiger partial charge is 0.0884 e. The van der Waals surface area contributed by atoms with Crippen LogP contribution in [0.5, 0.6) is 0 Å². The highest BCUT2D eigenvalue weighted by molar-refractivity contribution is 5.18. The predicted molar refractivity (Wildman–Crippen MR) is 85.9 cm³/mol. The van der Waals surface area contributed by atoms with E-state index in [1.807, 2.05) is 0 Å². The van der Waals surface area contributed by atoms with Gasteiger partial charge >= 0.3 is 0 Å². The first-order valence-corrected chi connectivity index (χ1v) is 7.60. The van der Waals surface area contributed by atoms with E-state index in [2.05, 4.69) is 15.6 Å². The molecule has 8 N–H and O–H groups in total. The van der Waals surface area contributed by atoms with Crippen LogP contribution in [0.3, 0.4) is 0 Å². The van der Waals surface area contributed by atoms with E-state index >= 15 is 0 Å². The molecule has 9 nitrogen and oxygen atoms in total. The van der Waals surface area contributed by atoms with Crippen LogP contribution in [-0.2, 0) is 13.1 Å². The Hall–Kier alpha value is -1.17. The van der Waals surface area contributed by atoms with Gasteiger partial charge in [-0.1, -0.05) is 6.07 Å². The SMILES string of the molecule is OCC(CO)(CO)NCc1cncc(CNC(CO)(CO)CO)c1. The molecule has 1 rings (SSSR count). The van der Waals surface area contributed by atoms with Gasteiger partial charge in [0.15, 0.2) is 0 Å². The molecule has 0 amide bonds. The van der Waals surface area contributed by atoms with E-state index in [0.717, 1.165) is 11.1 Å². The van der Waals surface area contributed by atoms with Crippen molar-refractivity contribution < 1.29 is 30.6 Å². The van der Waals surface area contributed by atoms with Crippen molar-refractivity contribution in [2.45, 2.75) is 24.2 Å². The Morgan fingerprint density at radius 3 is 1.29 bits per heavy atom. The second-order valence-electron chi connectivity index (χ2n) is 5.92. The van der Waals surface area contributed by atoms with Crippen LogP contribution in [-0.4, -0.2) is 86.3 Å². The molecule has 0 aliphatic carbocycles. The Bertz CT molecular complexity index is 424. The second-order valence-corrected chi connectivity index (χ2v) is 5.92. The lowest BCUT2D eigenvalue weighted by Crippen LogP contribution is -2.54. The molecule has 0 radical (unpaired) electrons. The fraction of sp³-hybridized carbons (Fsp3) is 0.667. The largest absolute Gasteiger partial charge is 0.394 e. The molecule has 0 aliphatic rings. The number of rotatable bonds is 12. The van der Waals surface area contributed by atoms with Crippen LogP contribution in [0, 0.1) is 0 Å². The molecule has 0 aromatic carbocycles. The number of hydrogen-bond acceptors (Lipinski definition) is 9. The first-order valence-electron chi connectivity index (χ1n) is 7.60. The van der Waals surface area contributed by atoms with Crippen LogP contribution in [0.4, 0.5) is 0 Å². The van der Waals surface area contributed by atoms with Crippen molar-refractivity contribution >= 4 is 0 Å². The highest BCUT2D eigenvalue weighted by Gasteiger charge is 2.28. The van der Waals surface area contributed by atoms with Gasteiger partial charge < -0.3 is 41.3 Å². The van der Waals surface area contributed by atoms with Gasteiger partial charge in [0.2, 0.25) is 0 Å². The minimum absolute atomic E-state index is 0.271. The normalized spacial score (nSPS) is 12.6. The van der Waals surface area contributed by atoms with Crippen LogP contribution in [0.1, 0.15) is 11.1 Å². The molecule has 1 heterocycles. The third-order valence-corrected chi connectivity index (χ3v) is 4.00. The summed E-state index contributed by atoms with van der Waals surface area (Å²) in [5.41, 5.74) is -0.824. The summed E-state index contributed by atoms with van der Waals surface area (Å²) >= 11 is 0. The highest BCUT2D eigenvalue weighted by Crippen LogP contribution is 2.09. The van der Waals surface area contributed by atoms with Gasteiger partial charge in [-0.2, -0.15) is 0 Å². The quantitative estimate of drug-likeness (QED) is 0.194. The van der Waals surface area contributed by atoms with E-state index < -0.39 is 50.7 Å². The standard InChI is InChI=1S/C15H27N3O6/c19-6-14(7-20,8-21)17-4-12-1-13(3-16-2-12)5-18-15(9-22,10-23)11-24/h1-3,17-24H,4-11H2. The molecule has 138 valence electrons. The van der Waals surface area contributed by atoms with Crippen molar-refractivity contribution in [3.8, 4) is 0 Å². The maximum absolute atomic E-state index is 9.29. The van der Waals surface area contributed by atoms with Gasteiger partial charge in [0.1, 0.15) is 0 Å². The lowest BCUT2D eigenvalue weighted by Gasteiger charge is -2.29. The topological polar surface area (TPSA) is 158 Å². The molecule has 0 bridgehead atoms. The maximum Gasteiger partial charge on any atom is 0.0884 e. The van der Waals surface area contributed by atoms with E-state index in [-0.39, 0.29) is 13.1 Å². The third kappa shape index (κ3) is 5.43. The van der Waals surface area contributed by atoms with E-state index in [9.17, 15) is 30.6 Å². The maximum atomic E-state index is 9.29. The Balaban J connectivity index is 2.70. The molecule has 9 heteroatoms. The average Bonchev–Trinajstić information content (AvgIpc) is 2.65. The zero-order chi connectivity index (χ0) is 18.1. The van der Waals surface area contributed by atoms with Gasteiger partial charge in [-0.15, -0.1) is 0 Å². The minimum Gasteiger partial charge on any atom is -0.394 e. The van der Waals surface area contributed by atoms with Crippen molar-refractivity contribution in [1.29, 1.82) is 0 Å². The van der Waals surface area contributed by atoms with Crippen molar-refractivity contribution in [3.63, 3.8) is 0 Å². The minimum atomic E-state index is -1.17. The number of hydrogen-bond donors (Lipinski definition) is 8. The van der Waals surface area contributed by atoms with Crippen LogP contribution in [0.25, 0.3) is 0 Å². The zero-order valence-electron chi connectivity index (χ0n) is 13.5. The first kappa shape index (κ1) is 20.9. The molecular formula is C15H27N3O6. The van der Waals surface area contributed by atoms with Crippen molar-refractivity contribution in [2.75, 3.05) is 39.6 Å². The van der Waals surface area contributed by atoms with Gasteiger partial charge in [0.25, 0.3) is 0 Å². The monoisotopic (exact) mass is 345 g/mol. The Morgan fingerprint density at radius 2 is 1.00 bits per heavy atom. The summed E-state index contributed by atoms with van der Waals surface area (Å²) in [5, 5.41) is 61.5. The molecule has 0 aliphatic heterocycles. The highest BCUT2D eigenvalue weighted by atomic mass is 16.3. The number of nitrogens with one attached hydrogen (secondary N) is 2. The predicted octanol–water partition coefficient (Wildman–Crippen LogP) is -3.31. The van der Waals surface area contributed by atoms with Crippen LogP contribution in [0.15, 0.2) is 18.5 Å². The molecule has 0 saturated heterocycles. The molecule has 0 atom stereocenters. The lowest BCUT2D eigenvalue weighted by atomic mass is 10.0. The number of aliphatic hydroxyl groups is 6.